The van der Waals surface area contributed by atoms with Crippen molar-refractivity contribution in [2.75, 3.05) is 26.2 Å². The third-order valence-electron chi connectivity index (χ3n) is 5.29. The number of carbonyl (C=O) groups excluding carboxylic acids is 1. The standard InChI is InChI=1S/C19H22Cl2N4O/c20-15-4-3-14(11-16(15)21)12-18(26)25-10-9-24-8-5-22-19(24)17(25)13-23-6-1-2-7-23/h3-5,8,11,17H,1-2,6-7,9-10,12-13H2. The van der Waals surface area contributed by atoms with Gasteiger partial charge in [0.25, 0.3) is 0 Å². The number of amides is 1. The van der Waals surface area contributed by atoms with Gasteiger partial charge in [-0.05, 0) is 43.6 Å². The largest absolute Gasteiger partial charge is 0.331 e. The zero-order chi connectivity index (χ0) is 18.1. The normalized spacial score (nSPS) is 20.4. The molecule has 1 aromatic heterocycles. The van der Waals surface area contributed by atoms with Crippen molar-refractivity contribution in [2.45, 2.75) is 31.8 Å². The summed E-state index contributed by atoms with van der Waals surface area (Å²) in [6.07, 6.45) is 6.64. The monoisotopic (exact) mass is 392 g/mol. The van der Waals surface area contributed by atoms with Gasteiger partial charge in [0.15, 0.2) is 0 Å². The third kappa shape index (κ3) is 3.61. The van der Waals surface area contributed by atoms with Crippen LogP contribution in [0.1, 0.15) is 30.3 Å². The SMILES string of the molecule is O=C(Cc1ccc(Cl)c(Cl)c1)N1CCn2ccnc2C1CN1CCCC1. The molecule has 2 aliphatic rings. The molecule has 26 heavy (non-hydrogen) atoms. The van der Waals surface area contributed by atoms with E-state index in [0.29, 0.717) is 23.0 Å². The predicted octanol–water partition coefficient (Wildman–Crippen LogP) is 3.41. The molecule has 5 nitrogen and oxygen atoms in total. The fraction of sp³-hybridized carbons (Fsp3) is 0.474. The molecule has 1 amide bonds. The molecule has 7 heteroatoms. The molecule has 1 atom stereocenters. The summed E-state index contributed by atoms with van der Waals surface area (Å²) < 4.78 is 2.17. The molecule has 0 spiro atoms. The van der Waals surface area contributed by atoms with E-state index in [1.165, 1.54) is 12.8 Å². The van der Waals surface area contributed by atoms with Crippen molar-refractivity contribution >= 4 is 29.1 Å². The molecule has 1 fully saturated rings. The van der Waals surface area contributed by atoms with Crippen molar-refractivity contribution in [1.82, 2.24) is 19.4 Å². The van der Waals surface area contributed by atoms with E-state index in [4.69, 9.17) is 23.2 Å². The second kappa shape index (κ2) is 7.59. The average molecular weight is 393 g/mol. The van der Waals surface area contributed by atoms with Gasteiger partial charge in [-0.15, -0.1) is 0 Å². The van der Waals surface area contributed by atoms with Crippen LogP contribution >= 0.6 is 23.2 Å². The van der Waals surface area contributed by atoms with Crippen molar-refractivity contribution in [3.63, 3.8) is 0 Å². The van der Waals surface area contributed by atoms with Gasteiger partial charge in [-0.1, -0.05) is 29.3 Å². The highest BCUT2D eigenvalue weighted by Crippen LogP contribution is 2.28. The number of halogens is 2. The Labute approximate surface area is 163 Å². The summed E-state index contributed by atoms with van der Waals surface area (Å²) >= 11 is 12.1. The Hall–Kier alpha value is -1.56. The quantitative estimate of drug-likeness (QED) is 0.800. The maximum absolute atomic E-state index is 13.1. The highest BCUT2D eigenvalue weighted by Gasteiger charge is 2.33. The number of aromatic nitrogens is 2. The van der Waals surface area contributed by atoms with Gasteiger partial charge >= 0.3 is 0 Å². The van der Waals surface area contributed by atoms with Crippen molar-refractivity contribution in [1.29, 1.82) is 0 Å². The second-order valence-electron chi connectivity index (χ2n) is 7.01. The number of hydrogen-bond acceptors (Lipinski definition) is 3. The fourth-order valence-corrected chi connectivity index (χ4v) is 4.25. The molecular weight excluding hydrogens is 371 g/mol. The minimum atomic E-state index is 0.00659. The van der Waals surface area contributed by atoms with Crippen LogP contribution < -0.4 is 0 Å². The van der Waals surface area contributed by atoms with Crippen LogP contribution in [-0.4, -0.2) is 51.4 Å². The highest BCUT2D eigenvalue weighted by atomic mass is 35.5. The molecule has 0 radical (unpaired) electrons. The van der Waals surface area contributed by atoms with Crippen LogP contribution in [0.3, 0.4) is 0 Å². The molecule has 1 unspecified atom stereocenters. The summed E-state index contributed by atoms with van der Waals surface area (Å²) in [7, 11) is 0. The number of hydrogen-bond donors (Lipinski definition) is 0. The van der Waals surface area contributed by atoms with Gasteiger partial charge in [0.1, 0.15) is 11.9 Å². The predicted molar refractivity (Wildman–Crippen MR) is 103 cm³/mol. The molecule has 4 rings (SSSR count). The van der Waals surface area contributed by atoms with Crippen LogP contribution in [0, 0.1) is 0 Å². The van der Waals surface area contributed by atoms with E-state index < -0.39 is 0 Å². The van der Waals surface area contributed by atoms with Crippen molar-refractivity contribution < 1.29 is 4.79 Å². The van der Waals surface area contributed by atoms with Crippen molar-refractivity contribution in [3.05, 3.63) is 52.0 Å². The number of fused-ring (bicyclic) bond motifs is 1. The zero-order valence-corrected chi connectivity index (χ0v) is 16.1. The zero-order valence-electron chi connectivity index (χ0n) is 14.6. The highest BCUT2D eigenvalue weighted by molar-refractivity contribution is 6.42. The Morgan fingerprint density at radius 2 is 1.92 bits per heavy atom. The van der Waals surface area contributed by atoms with E-state index in [9.17, 15) is 4.79 Å². The molecule has 1 aromatic carbocycles. The lowest BCUT2D eigenvalue weighted by Crippen LogP contribution is -2.47. The molecule has 2 aromatic rings. The lowest BCUT2D eigenvalue weighted by atomic mass is 10.1. The lowest BCUT2D eigenvalue weighted by molar-refractivity contribution is -0.134. The van der Waals surface area contributed by atoms with Crippen LogP contribution in [-0.2, 0) is 17.8 Å². The first-order valence-corrected chi connectivity index (χ1v) is 9.84. The Morgan fingerprint density at radius 3 is 2.69 bits per heavy atom. The topological polar surface area (TPSA) is 41.4 Å². The molecular formula is C19H22Cl2N4O. The molecule has 0 N–H and O–H groups in total. The lowest BCUT2D eigenvalue weighted by Gasteiger charge is -2.38. The minimum Gasteiger partial charge on any atom is -0.331 e. The Bertz CT molecular complexity index is 801. The molecule has 3 heterocycles. The van der Waals surface area contributed by atoms with Gasteiger partial charge in [0.05, 0.1) is 16.5 Å². The Kier molecular flexibility index (Phi) is 5.20. The summed E-state index contributed by atoms with van der Waals surface area (Å²) in [4.78, 5) is 22.1. The third-order valence-corrected chi connectivity index (χ3v) is 6.03. The number of carbonyl (C=O) groups is 1. The Balaban J connectivity index is 1.54. The van der Waals surface area contributed by atoms with Gasteiger partial charge in [0, 0.05) is 32.0 Å². The van der Waals surface area contributed by atoms with Gasteiger partial charge < -0.3 is 14.4 Å². The van der Waals surface area contributed by atoms with E-state index in [2.05, 4.69) is 14.5 Å². The maximum atomic E-state index is 13.1. The maximum Gasteiger partial charge on any atom is 0.227 e. The average Bonchev–Trinajstić information content (AvgIpc) is 3.29. The molecule has 0 aliphatic carbocycles. The number of rotatable bonds is 4. The van der Waals surface area contributed by atoms with E-state index in [1.54, 1.807) is 12.1 Å². The first-order chi connectivity index (χ1) is 12.6. The molecule has 0 saturated carbocycles. The summed E-state index contributed by atoms with van der Waals surface area (Å²) in [5, 5.41) is 0.995. The van der Waals surface area contributed by atoms with E-state index in [1.807, 2.05) is 23.4 Å². The van der Waals surface area contributed by atoms with Crippen LogP contribution in [0.2, 0.25) is 10.0 Å². The van der Waals surface area contributed by atoms with Crippen LogP contribution in [0.4, 0.5) is 0 Å². The van der Waals surface area contributed by atoms with Gasteiger partial charge in [0.2, 0.25) is 5.91 Å². The first-order valence-electron chi connectivity index (χ1n) is 9.08. The molecule has 138 valence electrons. The van der Waals surface area contributed by atoms with E-state index >= 15 is 0 Å². The summed E-state index contributed by atoms with van der Waals surface area (Å²) in [5.41, 5.74) is 0.887. The number of benzene rings is 1. The van der Waals surface area contributed by atoms with Crippen LogP contribution in [0.15, 0.2) is 30.6 Å². The van der Waals surface area contributed by atoms with Crippen LogP contribution in [0.5, 0.6) is 0 Å². The van der Waals surface area contributed by atoms with E-state index in [-0.39, 0.29) is 11.9 Å². The van der Waals surface area contributed by atoms with Gasteiger partial charge in [-0.3, -0.25) is 4.79 Å². The first kappa shape index (κ1) is 17.8. The van der Waals surface area contributed by atoms with Crippen molar-refractivity contribution in [3.8, 4) is 0 Å². The fourth-order valence-electron chi connectivity index (χ4n) is 3.93. The smallest absolute Gasteiger partial charge is 0.227 e. The van der Waals surface area contributed by atoms with E-state index in [0.717, 1.165) is 37.6 Å². The summed E-state index contributed by atoms with van der Waals surface area (Å²) in [5.74, 6) is 1.10. The number of likely N-dealkylation sites (tertiary alicyclic amines) is 1. The molecule has 1 saturated heterocycles. The summed E-state index contributed by atoms with van der Waals surface area (Å²) in [6, 6.07) is 5.40. The van der Waals surface area contributed by atoms with Gasteiger partial charge in [-0.2, -0.15) is 0 Å². The minimum absolute atomic E-state index is 0.00659. The van der Waals surface area contributed by atoms with Gasteiger partial charge in [-0.25, -0.2) is 4.98 Å². The van der Waals surface area contributed by atoms with Crippen molar-refractivity contribution in [2.24, 2.45) is 0 Å². The second-order valence-corrected chi connectivity index (χ2v) is 7.83. The Morgan fingerprint density at radius 1 is 1.12 bits per heavy atom. The molecule has 2 aliphatic heterocycles. The summed E-state index contributed by atoms with van der Waals surface area (Å²) in [6.45, 7) is 4.56. The van der Waals surface area contributed by atoms with Crippen LogP contribution in [0.25, 0.3) is 0 Å². The molecule has 0 bridgehead atoms. The number of imidazole rings is 1. The number of nitrogens with zero attached hydrogens (tertiary/aromatic N) is 4.